The number of carbonyl (C=O) groups is 1. The van der Waals surface area contributed by atoms with Crippen molar-refractivity contribution in [2.24, 2.45) is 5.73 Å². The summed E-state index contributed by atoms with van der Waals surface area (Å²) in [6, 6.07) is 0. The van der Waals surface area contributed by atoms with Gasteiger partial charge in [-0.2, -0.15) is 11.8 Å². The highest BCUT2D eigenvalue weighted by atomic mass is 32.2. The number of hydrogen-bond acceptors (Lipinski definition) is 3. The van der Waals surface area contributed by atoms with Crippen LogP contribution in [0.1, 0.15) is 27.7 Å². The Bertz CT molecular complexity index is 172. The molecule has 0 saturated heterocycles. The summed E-state index contributed by atoms with van der Waals surface area (Å²) in [5.74, 6) is -0.509. The van der Waals surface area contributed by atoms with Gasteiger partial charge in [0.2, 0.25) is 0 Å². The molecule has 0 fully saturated rings. The molecule has 0 aromatic carbocycles. The molecule has 1 unspecified atom stereocenters. The lowest BCUT2D eigenvalue weighted by atomic mass is 10.1. The Balaban J connectivity index is 4.01. The monoisotopic (exact) mass is 191 g/mol. The van der Waals surface area contributed by atoms with Crippen LogP contribution in [0.2, 0.25) is 0 Å². The van der Waals surface area contributed by atoms with Gasteiger partial charge in [0.1, 0.15) is 5.54 Å². The molecule has 4 heteroatoms. The molecule has 0 heterocycles. The van der Waals surface area contributed by atoms with Crippen LogP contribution < -0.4 is 5.73 Å². The number of rotatable bonds is 3. The number of hydrogen-bond donors (Lipinski definition) is 2. The zero-order valence-corrected chi connectivity index (χ0v) is 8.86. The summed E-state index contributed by atoms with van der Waals surface area (Å²) in [7, 11) is 0. The maximum absolute atomic E-state index is 10.6. The van der Waals surface area contributed by atoms with Crippen LogP contribution >= 0.6 is 11.8 Å². The fourth-order valence-electron chi connectivity index (χ4n) is 0.428. The second kappa shape index (κ2) is 3.66. The zero-order valence-electron chi connectivity index (χ0n) is 8.05. The second-order valence-corrected chi connectivity index (χ2v) is 5.93. The molecule has 3 nitrogen and oxygen atoms in total. The van der Waals surface area contributed by atoms with E-state index in [1.165, 1.54) is 6.92 Å². The van der Waals surface area contributed by atoms with Crippen molar-refractivity contribution in [1.82, 2.24) is 0 Å². The van der Waals surface area contributed by atoms with Gasteiger partial charge in [-0.1, -0.05) is 20.8 Å². The van der Waals surface area contributed by atoms with Crippen LogP contribution in [0.15, 0.2) is 0 Å². The summed E-state index contributed by atoms with van der Waals surface area (Å²) >= 11 is 1.56. The minimum Gasteiger partial charge on any atom is -0.480 e. The van der Waals surface area contributed by atoms with Crippen LogP contribution in [0.25, 0.3) is 0 Å². The van der Waals surface area contributed by atoms with Gasteiger partial charge in [-0.15, -0.1) is 0 Å². The number of aliphatic carboxylic acids is 1. The molecule has 72 valence electrons. The van der Waals surface area contributed by atoms with Gasteiger partial charge < -0.3 is 10.8 Å². The Morgan fingerprint density at radius 3 is 2.08 bits per heavy atom. The molecule has 0 saturated carbocycles. The Hall–Kier alpha value is -0.220. The molecular formula is C8H17NO2S. The first-order chi connectivity index (χ1) is 5.15. The minimum absolute atomic E-state index is 0.0656. The first-order valence-corrected chi connectivity index (χ1v) is 4.80. The highest BCUT2D eigenvalue weighted by Gasteiger charge is 2.29. The van der Waals surface area contributed by atoms with Crippen molar-refractivity contribution >= 4 is 17.7 Å². The van der Waals surface area contributed by atoms with Crippen molar-refractivity contribution in [2.45, 2.75) is 38.0 Å². The molecule has 0 radical (unpaired) electrons. The lowest BCUT2D eigenvalue weighted by Crippen LogP contribution is -2.47. The molecule has 0 amide bonds. The van der Waals surface area contributed by atoms with Crippen molar-refractivity contribution in [1.29, 1.82) is 0 Å². The predicted molar refractivity (Wildman–Crippen MR) is 52.4 cm³/mol. The molecule has 0 spiro atoms. The predicted octanol–water partition coefficient (Wildman–Crippen LogP) is 1.32. The molecular weight excluding hydrogens is 174 g/mol. The summed E-state index contributed by atoms with van der Waals surface area (Å²) in [4.78, 5) is 10.6. The van der Waals surface area contributed by atoms with Crippen LogP contribution in [0.3, 0.4) is 0 Å². The van der Waals surface area contributed by atoms with Crippen LogP contribution in [-0.2, 0) is 4.79 Å². The normalized spacial score (nSPS) is 17.1. The molecule has 0 aromatic rings. The van der Waals surface area contributed by atoms with Crippen molar-refractivity contribution in [3.8, 4) is 0 Å². The Morgan fingerprint density at radius 1 is 1.42 bits per heavy atom. The topological polar surface area (TPSA) is 63.3 Å². The second-order valence-electron chi connectivity index (χ2n) is 4.12. The van der Waals surface area contributed by atoms with Gasteiger partial charge in [0.05, 0.1) is 0 Å². The van der Waals surface area contributed by atoms with E-state index in [-0.39, 0.29) is 4.75 Å². The van der Waals surface area contributed by atoms with E-state index in [4.69, 9.17) is 10.8 Å². The average molecular weight is 191 g/mol. The smallest absolute Gasteiger partial charge is 0.324 e. The van der Waals surface area contributed by atoms with Gasteiger partial charge in [0.25, 0.3) is 0 Å². The third-order valence-corrected chi connectivity index (χ3v) is 2.90. The standard InChI is InChI=1S/C8H17NO2S/c1-7(2,3)12-5-8(4,9)6(10)11/h5,9H2,1-4H3,(H,10,11). The van der Waals surface area contributed by atoms with Crippen LogP contribution in [-0.4, -0.2) is 27.1 Å². The Kier molecular flexibility index (Phi) is 3.59. The quantitative estimate of drug-likeness (QED) is 0.706. The minimum atomic E-state index is -1.11. The Morgan fingerprint density at radius 2 is 1.83 bits per heavy atom. The third kappa shape index (κ3) is 4.62. The van der Waals surface area contributed by atoms with Gasteiger partial charge in [0.15, 0.2) is 0 Å². The molecule has 0 aliphatic heterocycles. The van der Waals surface area contributed by atoms with Gasteiger partial charge in [-0.3, -0.25) is 4.79 Å². The van der Waals surface area contributed by atoms with Crippen LogP contribution in [0.5, 0.6) is 0 Å². The van der Waals surface area contributed by atoms with Gasteiger partial charge >= 0.3 is 5.97 Å². The SMILES string of the molecule is CC(C)(C)SCC(C)(N)C(=O)O. The maximum atomic E-state index is 10.6. The van der Waals surface area contributed by atoms with Gasteiger partial charge in [-0.25, -0.2) is 0 Å². The molecule has 3 N–H and O–H groups in total. The number of carboxylic acid groups (broad SMARTS) is 1. The molecule has 0 aliphatic carbocycles. The maximum Gasteiger partial charge on any atom is 0.324 e. The highest BCUT2D eigenvalue weighted by Crippen LogP contribution is 2.25. The Labute approximate surface area is 77.7 Å². The summed E-state index contributed by atoms with van der Waals surface area (Å²) < 4.78 is 0.0656. The molecule has 0 aromatic heterocycles. The summed E-state index contributed by atoms with van der Waals surface area (Å²) in [5, 5.41) is 8.70. The molecule has 0 bridgehead atoms. The van der Waals surface area contributed by atoms with E-state index in [0.29, 0.717) is 5.75 Å². The third-order valence-electron chi connectivity index (χ3n) is 1.29. The fraction of sp³-hybridized carbons (Fsp3) is 0.875. The van der Waals surface area contributed by atoms with E-state index < -0.39 is 11.5 Å². The summed E-state index contributed by atoms with van der Waals surface area (Å²) in [6.07, 6.45) is 0. The van der Waals surface area contributed by atoms with Crippen LogP contribution in [0.4, 0.5) is 0 Å². The van der Waals surface area contributed by atoms with Gasteiger partial charge in [-0.05, 0) is 6.92 Å². The number of carboxylic acids is 1. The largest absolute Gasteiger partial charge is 0.480 e. The van der Waals surface area contributed by atoms with E-state index >= 15 is 0 Å². The number of nitrogens with two attached hydrogens (primary N) is 1. The van der Waals surface area contributed by atoms with E-state index in [0.717, 1.165) is 0 Å². The summed E-state index contributed by atoms with van der Waals surface area (Å²) in [5.41, 5.74) is 4.43. The van der Waals surface area contributed by atoms with Crippen molar-refractivity contribution in [3.63, 3.8) is 0 Å². The molecule has 12 heavy (non-hydrogen) atoms. The summed E-state index contributed by atoms with van der Waals surface area (Å²) in [6.45, 7) is 7.65. The molecule has 0 rings (SSSR count). The van der Waals surface area contributed by atoms with E-state index in [1.54, 1.807) is 11.8 Å². The van der Waals surface area contributed by atoms with E-state index in [9.17, 15) is 4.79 Å². The average Bonchev–Trinajstić information content (AvgIpc) is 1.82. The lowest BCUT2D eigenvalue weighted by molar-refractivity contribution is -0.141. The van der Waals surface area contributed by atoms with E-state index in [1.807, 2.05) is 20.8 Å². The number of thioether (sulfide) groups is 1. The molecule has 0 aliphatic rings. The van der Waals surface area contributed by atoms with Gasteiger partial charge in [0, 0.05) is 10.5 Å². The van der Waals surface area contributed by atoms with Crippen LogP contribution in [0, 0.1) is 0 Å². The fourth-order valence-corrected chi connectivity index (χ4v) is 1.28. The van der Waals surface area contributed by atoms with Crippen molar-refractivity contribution in [2.75, 3.05) is 5.75 Å². The highest BCUT2D eigenvalue weighted by molar-refractivity contribution is 8.00. The van der Waals surface area contributed by atoms with Crippen molar-refractivity contribution < 1.29 is 9.90 Å². The lowest BCUT2D eigenvalue weighted by Gasteiger charge is -2.24. The molecule has 1 atom stereocenters. The van der Waals surface area contributed by atoms with E-state index in [2.05, 4.69) is 0 Å². The first kappa shape index (κ1) is 11.8. The first-order valence-electron chi connectivity index (χ1n) is 3.81. The zero-order chi connectivity index (χ0) is 9.99. The van der Waals surface area contributed by atoms with Crippen molar-refractivity contribution in [3.05, 3.63) is 0 Å².